The molecule has 0 aliphatic heterocycles. The van der Waals surface area contributed by atoms with Gasteiger partial charge in [-0.2, -0.15) is 9.78 Å². The first-order valence-corrected chi connectivity index (χ1v) is 7.80. The lowest BCUT2D eigenvalue weighted by atomic mass is 10.1. The van der Waals surface area contributed by atoms with Crippen molar-refractivity contribution >= 4 is 5.91 Å². The molecule has 0 bridgehead atoms. The van der Waals surface area contributed by atoms with Crippen LogP contribution >= 0.6 is 0 Å². The van der Waals surface area contributed by atoms with Gasteiger partial charge < -0.3 is 10.4 Å². The van der Waals surface area contributed by atoms with Crippen LogP contribution < -0.4 is 10.9 Å². The van der Waals surface area contributed by atoms with Crippen LogP contribution in [0.5, 0.6) is 0 Å². The van der Waals surface area contributed by atoms with Gasteiger partial charge >= 0.3 is 0 Å². The second kappa shape index (κ2) is 7.55. The van der Waals surface area contributed by atoms with E-state index in [1.54, 1.807) is 30.3 Å². The molecule has 0 radical (unpaired) electrons. The van der Waals surface area contributed by atoms with E-state index in [1.807, 2.05) is 24.3 Å². The van der Waals surface area contributed by atoms with Crippen LogP contribution in [-0.2, 0) is 13.2 Å². The number of benzene rings is 2. The van der Waals surface area contributed by atoms with Gasteiger partial charge in [0.25, 0.3) is 11.5 Å². The Labute approximate surface area is 144 Å². The number of nitrogens with zero attached hydrogens (tertiary/aromatic N) is 2. The van der Waals surface area contributed by atoms with Gasteiger partial charge in [-0.25, -0.2) is 0 Å². The molecule has 0 aliphatic carbocycles. The van der Waals surface area contributed by atoms with Crippen molar-refractivity contribution in [2.24, 2.45) is 0 Å². The number of rotatable bonds is 5. The van der Waals surface area contributed by atoms with Crippen molar-refractivity contribution in [1.82, 2.24) is 15.1 Å². The maximum Gasteiger partial charge on any atom is 0.272 e. The van der Waals surface area contributed by atoms with Crippen molar-refractivity contribution in [1.29, 1.82) is 0 Å². The Kier molecular flexibility index (Phi) is 5.01. The first kappa shape index (κ1) is 16.6. The fourth-order valence-corrected chi connectivity index (χ4v) is 2.44. The van der Waals surface area contributed by atoms with Crippen molar-refractivity contribution in [2.45, 2.75) is 13.2 Å². The molecular weight excluding hydrogens is 318 g/mol. The van der Waals surface area contributed by atoms with E-state index in [1.165, 1.54) is 16.8 Å². The van der Waals surface area contributed by atoms with Crippen molar-refractivity contribution in [3.8, 4) is 5.69 Å². The second-order valence-electron chi connectivity index (χ2n) is 5.41. The van der Waals surface area contributed by atoms with Crippen LogP contribution in [0.4, 0.5) is 0 Å². The number of nitrogens with one attached hydrogen (secondary N) is 1. The lowest BCUT2D eigenvalue weighted by molar-refractivity contribution is 0.0943. The molecule has 25 heavy (non-hydrogen) atoms. The fraction of sp³-hybridized carbons (Fsp3) is 0.105. The Morgan fingerprint density at radius 1 is 0.960 bits per heavy atom. The van der Waals surface area contributed by atoms with E-state index in [9.17, 15) is 14.7 Å². The summed E-state index contributed by atoms with van der Waals surface area (Å²) in [5.41, 5.74) is 2.01. The summed E-state index contributed by atoms with van der Waals surface area (Å²) in [6, 6.07) is 18.9. The largest absolute Gasteiger partial charge is 0.392 e. The number of carbonyl (C=O) groups is 1. The molecule has 0 unspecified atom stereocenters. The number of aliphatic hydroxyl groups is 1. The molecule has 0 atom stereocenters. The third-order valence-corrected chi connectivity index (χ3v) is 3.76. The molecule has 2 aromatic carbocycles. The highest BCUT2D eigenvalue weighted by Crippen LogP contribution is 2.08. The highest BCUT2D eigenvalue weighted by Gasteiger charge is 2.11. The topological polar surface area (TPSA) is 84.2 Å². The van der Waals surface area contributed by atoms with Gasteiger partial charge in [0.05, 0.1) is 12.3 Å². The molecule has 3 rings (SSSR count). The SMILES string of the molecule is O=C(NCc1ccccc1CO)c1ccc(=O)n(-c2ccccc2)n1. The number of aromatic nitrogens is 2. The minimum atomic E-state index is -0.391. The van der Waals surface area contributed by atoms with Crippen LogP contribution in [0.1, 0.15) is 21.6 Å². The van der Waals surface area contributed by atoms with Crippen LogP contribution in [0.25, 0.3) is 5.69 Å². The summed E-state index contributed by atoms with van der Waals surface area (Å²) >= 11 is 0. The molecule has 1 aromatic heterocycles. The third-order valence-electron chi connectivity index (χ3n) is 3.76. The molecule has 0 fully saturated rings. The minimum Gasteiger partial charge on any atom is -0.392 e. The second-order valence-corrected chi connectivity index (χ2v) is 5.41. The van der Waals surface area contributed by atoms with Crippen LogP contribution in [0.2, 0.25) is 0 Å². The monoisotopic (exact) mass is 335 g/mol. The maximum atomic E-state index is 12.4. The number of carbonyl (C=O) groups excluding carboxylic acids is 1. The zero-order valence-electron chi connectivity index (χ0n) is 13.4. The van der Waals surface area contributed by atoms with Gasteiger partial charge in [0.1, 0.15) is 5.69 Å². The lowest BCUT2D eigenvalue weighted by Gasteiger charge is -2.10. The van der Waals surface area contributed by atoms with E-state index in [0.29, 0.717) is 5.69 Å². The molecule has 0 aliphatic rings. The number of amides is 1. The quantitative estimate of drug-likeness (QED) is 0.743. The van der Waals surface area contributed by atoms with Crippen LogP contribution in [0.15, 0.2) is 71.5 Å². The van der Waals surface area contributed by atoms with Crippen molar-refractivity contribution in [3.63, 3.8) is 0 Å². The van der Waals surface area contributed by atoms with E-state index in [2.05, 4.69) is 10.4 Å². The number of hydrogen-bond donors (Lipinski definition) is 2. The van der Waals surface area contributed by atoms with E-state index < -0.39 is 5.91 Å². The molecular formula is C19H17N3O3. The summed E-state index contributed by atoms with van der Waals surface area (Å²) in [4.78, 5) is 24.4. The van der Waals surface area contributed by atoms with E-state index in [0.717, 1.165) is 11.1 Å². The van der Waals surface area contributed by atoms with Crippen molar-refractivity contribution in [3.05, 3.63) is 93.9 Å². The summed E-state index contributed by atoms with van der Waals surface area (Å²) in [6.45, 7) is 0.172. The van der Waals surface area contributed by atoms with Gasteiger partial charge in [0, 0.05) is 12.6 Å². The van der Waals surface area contributed by atoms with Crippen LogP contribution in [0, 0.1) is 0 Å². The zero-order valence-corrected chi connectivity index (χ0v) is 13.4. The predicted molar refractivity (Wildman–Crippen MR) is 93.4 cm³/mol. The summed E-state index contributed by atoms with van der Waals surface area (Å²) in [5, 5.41) is 16.2. The number of aliphatic hydroxyl groups excluding tert-OH is 1. The molecule has 0 spiro atoms. The Balaban J connectivity index is 1.80. The third kappa shape index (κ3) is 3.81. The normalized spacial score (nSPS) is 10.4. The van der Waals surface area contributed by atoms with Gasteiger partial charge in [-0.1, -0.05) is 42.5 Å². The molecule has 126 valence electrons. The van der Waals surface area contributed by atoms with Crippen LogP contribution in [0.3, 0.4) is 0 Å². The van der Waals surface area contributed by atoms with Crippen molar-refractivity contribution in [2.75, 3.05) is 0 Å². The Morgan fingerprint density at radius 2 is 1.64 bits per heavy atom. The Bertz CT molecular complexity index is 936. The standard InChI is InChI=1S/C19H17N3O3/c23-13-15-7-5-4-6-14(15)12-20-19(25)17-10-11-18(24)22(21-17)16-8-2-1-3-9-16/h1-11,23H,12-13H2,(H,20,25). The minimum absolute atomic E-state index is 0.0941. The van der Waals surface area contributed by atoms with Crippen LogP contribution in [-0.4, -0.2) is 20.8 Å². The number of hydrogen-bond acceptors (Lipinski definition) is 4. The molecule has 3 aromatic rings. The average Bonchev–Trinajstić information content (AvgIpc) is 2.67. The Morgan fingerprint density at radius 3 is 2.36 bits per heavy atom. The van der Waals surface area contributed by atoms with Crippen molar-refractivity contribution < 1.29 is 9.90 Å². The first-order valence-electron chi connectivity index (χ1n) is 7.80. The smallest absolute Gasteiger partial charge is 0.272 e. The summed E-state index contributed by atoms with van der Waals surface area (Å²) in [6.07, 6.45) is 0. The average molecular weight is 335 g/mol. The fourth-order valence-electron chi connectivity index (χ4n) is 2.44. The molecule has 1 amide bonds. The first-order chi connectivity index (χ1) is 12.2. The molecule has 6 heteroatoms. The Hall–Kier alpha value is -3.25. The summed E-state index contributed by atoms with van der Waals surface area (Å²) < 4.78 is 1.19. The molecule has 0 saturated carbocycles. The molecule has 2 N–H and O–H groups in total. The number of para-hydroxylation sites is 1. The van der Waals surface area contributed by atoms with Gasteiger partial charge in [-0.3, -0.25) is 9.59 Å². The van der Waals surface area contributed by atoms with E-state index >= 15 is 0 Å². The summed E-state index contributed by atoms with van der Waals surface area (Å²) in [5.74, 6) is -0.391. The highest BCUT2D eigenvalue weighted by atomic mass is 16.3. The van der Waals surface area contributed by atoms with E-state index in [-0.39, 0.29) is 24.4 Å². The molecule has 0 saturated heterocycles. The highest BCUT2D eigenvalue weighted by molar-refractivity contribution is 5.92. The predicted octanol–water partition coefficient (Wildman–Crippen LogP) is 1.65. The maximum absolute atomic E-state index is 12.4. The lowest BCUT2D eigenvalue weighted by Crippen LogP contribution is -2.28. The summed E-state index contributed by atoms with van der Waals surface area (Å²) in [7, 11) is 0. The van der Waals surface area contributed by atoms with Gasteiger partial charge in [0.2, 0.25) is 0 Å². The molecule has 1 heterocycles. The molecule has 6 nitrogen and oxygen atoms in total. The van der Waals surface area contributed by atoms with Gasteiger partial charge in [0.15, 0.2) is 0 Å². The van der Waals surface area contributed by atoms with Gasteiger partial charge in [-0.05, 0) is 29.3 Å². The zero-order chi connectivity index (χ0) is 17.6. The van der Waals surface area contributed by atoms with E-state index in [4.69, 9.17) is 0 Å². The van der Waals surface area contributed by atoms with Gasteiger partial charge in [-0.15, -0.1) is 0 Å².